The number of amides is 2. The first kappa shape index (κ1) is 50.5. The Kier molecular flexibility index (Phi) is 18.6. The van der Waals surface area contributed by atoms with Crippen molar-refractivity contribution in [3.05, 3.63) is 96.1 Å². The van der Waals surface area contributed by atoms with Crippen LogP contribution in [0.5, 0.6) is 0 Å². The van der Waals surface area contributed by atoms with E-state index in [1.165, 1.54) is 12.1 Å². The minimum absolute atomic E-state index is 0. The zero-order chi connectivity index (χ0) is 44.6. The minimum Gasteiger partial charge on any atom is -0.544 e. The molecule has 0 radical (unpaired) electrons. The Balaban J connectivity index is 0.00000748. The second-order valence-electron chi connectivity index (χ2n) is 15.5. The summed E-state index contributed by atoms with van der Waals surface area (Å²) in [6.45, 7) is -0.160. The second kappa shape index (κ2) is 23.1. The number of aliphatic hydroxyl groups is 7. The Morgan fingerprint density at radius 1 is 0.889 bits per heavy atom. The molecule has 3 saturated heterocycles. The van der Waals surface area contributed by atoms with Crippen molar-refractivity contribution in [3.63, 3.8) is 0 Å². The molecule has 0 unspecified atom stereocenters. The molecule has 6 rings (SSSR count). The summed E-state index contributed by atoms with van der Waals surface area (Å²) < 4.78 is 34.8. The minimum atomic E-state index is -3.09. The molecule has 0 aromatic heterocycles. The molecule has 0 aliphatic carbocycles. The molecule has 3 aromatic carbocycles. The van der Waals surface area contributed by atoms with Gasteiger partial charge in [0.25, 0.3) is 5.91 Å². The number of carbonyl (C=O) groups excluding carboxylic acids is 3. The fraction of sp³-hybridized carbons (Fsp3) is 0.512. The van der Waals surface area contributed by atoms with Crippen molar-refractivity contribution in [1.82, 2.24) is 10.6 Å². The van der Waals surface area contributed by atoms with Gasteiger partial charge < -0.3 is 84.7 Å². The number of carboxylic acid groups (broad SMARTS) is 1. The molecule has 3 aromatic rings. The zero-order valence-corrected chi connectivity index (χ0v) is 36.8. The molecule has 19 nitrogen and oxygen atoms in total. The van der Waals surface area contributed by atoms with Crippen LogP contribution in [0.1, 0.15) is 35.7 Å². The largest absolute Gasteiger partial charge is 1.00 e. The van der Waals surface area contributed by atoms with E-state index in [-0.39, 0.29) is 61.4 Å². The molecule has 3 aliphatic heterocycles. The van der Waals surface area contributed by atoms with Crippen molar-refractivity contribution in [2.24, 2.45) is 0 Å². The van der Waals surface area contributed by atoms with E-state index in [1.54, 1.807) is 18.2 Å². The Morgan fingerprint density at radius 2 is 1.54 bits per heavy atom. The van der Waals surface area contributed by atoms with Gasteiger partial charge in [-0.25, -0.2) is 0 Å². The van der Waals surface area contributed by atoms with Crippen molar-refractivity contribution < 1.29 is 113 Å². The molecule has 3 aliphatic rings. The van der Waals surface area contributed by atoms with Crippen LogP contribution in [-0.4, -0.2) is 165 Å². The molecule has 20 heteroatoms. The summed E-state index contributed by atoms with van der Waals surface area (Å²) in [4.78, 5) is 37.7. The number of carbonyl (C=O) groups is 3. The number of carboxylic acids is 1. The van der Waals surface area contributed by atoms with Crippen molar-refractivity contribution in [2.75, 3.05) is 26.4 Å². The number of benzene rings is 3. The van der Waals surface area contributed by atoms with E-state index in [4.69, 9.17) is 28.4 Å². The molecular formula is C43H53N2NaO17. The Labute approximate surface area is 385 Å². The van der Waals surface area contributed by atoms with Gasteiger partial charge in [-0.3, -0.25) is 9.59 Å². The van der Waals surface area contributed by atoms with Gasteiger partial charge in [-0.15, -0.1) is 0 Å². The van der Waals surface area contributed by atoms with E-state index in [1.807, 2.05) is 54.6 Å². The van der Waals surface area contributed by atoms with Gasteiger partial charge in [0.15, 0.2) is 6.29 Å². The molecule has 63 heavy (non-hydrogen) atoms. The van der Waals surface area contributed by atoms with Gasteiger partial charge in [-0.2, -0.15) is 0 Å². The standard InChI is InChI=1S/C43H54N2O17.Na/c1-23(47)45-33-28(48)18-43(42(55)56,61-38(33)34(50)29(49)19-44-40(54)27-10-6-3-7-11-27)62-39-36(52)31(20-46)60-41(37(39)53)59-30-16-17-58-32(35(30)51)22-57-21-24-12-14-26(15-13-24)25-8-4-2-5-9-25;/h2-15,28-39,41,46,48-53H,16-22H2,1H3,(H,44,54)(H,45,47)(H,55,56);/q;+1/p-1/t28-,29+,30+,31+,32+,33+,34+,35+,36-,37+,38+,39-,41+,43-;/m0./s1. The second-order valence-corrected chi connectivity index (χ2v) is 15.5. The smallest absolute Gasteiger partial charge is 0.544 e. The molecule has 0 saturated carbocycles. The fourth-order valence-corrected chi connectivity index (χ4v) is 7.70. The van der Waals surface area contributed by atoms with Crippen molar-refractivity contribution in [2.45, 2.75) is 112 Å². The molecule has 3 fully saturated rings. The van der Waals surface area contributed by atoms with Crippen LogP contribution in [0.4, 0.5) is 0 Å². The van der Waals surface area contributed by atoms with Gasteiger partial charge in [0.2, 0.25) is 11.7 Å². The monoisotopic (exact) mass is 892 g/mol. The Morgan fingerprint density at radius 3 is 2.17 bits per heavy atom. The summed E-state index contributed by atoms with van der Waals surface area (Å²) in [7, 11) is 0. The summed E-state index contributed by atoms with van der Waals surface area (Å²) in [5, 5.41) is 95.3. The van der Waals surface area contributed by atoms with Crippen molar-refractivity contribution in [1.29, 1.82) is 0 Å². The maximum Gasteiger partial charge on any atom is 1.00 e. The molecule has 2 amide bonds. The number of aliphatic hydroxyl groups excluding tert-OH is 7. The molecular weight excluding hydrogens is 839 g/mol. The van der Waals surface area contributed by atoms with Crippen LogP contribution >= 0.6 is 0 Å². The summed E-state index contributed by atoms with van der Waals surface area (Å²) >= 11 is 0. The van der Waals surface area contributed by atoms with E-state index in [0.717, 1.165) is 23.6 Å². The van der Waals surface area contributed by atoms with E-state index in [0.29, 0.717) is 0 Å². The predicted molar refractivity (Wildman–Crippen MR) is 211 cm³/mol. The number of hydrogen-bond donors (Lipinski definition) is 9. The summed E-state index contributed by atoms with van der Waals surface area (Å²) in [6.07, 6.45) is -21.4. The van der Waals surface area contributed by atoms with E-state index < -0.39 is 123 Å². The summed E-state index contributed by atoms with van der Waals surface area (Å²) in [5.41, 5.74) is 3.20. The first-order valence-electron chi connectivity index (χ1n) is 20.2. The quantitative estimate of drug-likeness (QED) is 0.0572. The molecule has 338 valence electrons. The predicted octanol–water partition coefficient (Wildman–Crippen LogP) is -5.51. The average molecular weight is 893 g/mol. The number of ether oxygens (including phenoxy) is 6. The zero-order valence-electron chi connectivity index (χ0n) is 34.8. The molecule has 3 heterocycles. The Hall–Kier alpha value is -3.45. The first-order valence-corrected chi connectivity index (χ1v) is 20.2. The number of nitrogens with one attached hydrogen (secondary N) is 2. The first-order chi connectivity index (χ1) is 29.7. The molecule has 14 atom stereocenters. The van der Waals surface area contributed by atoms with Crippen LogP contribution in [0.2, 0.25) is 0 Å². The third kappa shape index (κ3) is 12.5. The average Bonchev–Trinajstić information content (AvgIpc) is 3.27. The number of rotatable bonds is 17. The molecule has 9 N–H and O–H groups in total. The normalized spacial score (nSPS) is 31.8. The summed E-state index contributed by atoms with van der Waals surface area (Å²) in [6, 6.07) is 24.0. The van der Waals surface area contributed by atoms with E-state index in [2.05, 4.69) is 10.6 Å². The van der Waals surface area contributed by atoms with Gasteiger partial charge in [0.1, 0.15) is 54.8 Å². The maximum absolute atomic E-state index is 12.9. The third-order valence-electron chi connectivity index (χ3n) is 11.1. The van der Waals surface area contributed by atoms with Crippen LogP contribution in [0.25, 0.3) is 11.1 Å². The van der Waals surface area contributed by atoms with Crippen LogP contribution in [0.15, 0.2) is 84.9 Å². The van der Waals surface area contributed by atoms with E-state index in [9.17, 15) is 55.2 Å². The van der Waals surface area contributed by atoms with Crippen LogP contribution in [0.3, 0.4) is 0 Å². The van der Waals surface area contributed by atoms with Crippen molar-refractivity contribution in [3.8, 4) is 11.1 Å². The maximum atomic E-state index is 12.9. The topological polar surface area (TPSA) is 295 Å². The fourth-order valence-electron chi connectivity index (χ4n) is 7.70. The van der Waals surface area contributed by atoms with Gasteiger partial charge in [-0.1, -0.05) is 72.8 Å². The van der Waals surface area contributed by atoms with Crippen LogP contribution in [-0.2, 0) is 44.6 Å². The van der Waals surface area contributed by atoms with Gasteiger partial charge in [0.05, 0.1) is 44.2 Å². The van der Waals surface area contributed by atoms with Crippen LogP contribution in [0, 0.1) is 0 Å². The van der Waals surface area contributed by atoms with Crippen molar-refractivity contribution >= 4 is 17.8 Å². The SMILES string of the molecule is CC(=O)N[C@H]1[C@H]([C@H](O)[C@H](O)CNC(=O)c2ccccc2)O[C@@](O[C@H]2[C@@H](O)[C@@H](CO)O[C@@H](O[C@@H]3CCO[C@H](COCc4ccc(-c5ccccc5)cc4)[C@@H]3O)[C@@H]2O)(C(=O)[O-])C[C@@H]1O.[Na+]. The van der Waals surface area contributed by atoms with Gasteiger partial charge >= 0.3 is 29.6 Å². The van der Waals surface area contributed by atoms with Gasteiger partial charge in [-0.05, 0) is 35.2 Å². The van der Waals surface area contributed by atoms with Crippen LogP contribution < -0.4 is 45.3 Å². The number of hydrogen-bond acceptors (Lipinski definition) is 17. The van der Waals surface area contributed by atoms with Gasteiger partial charge in [0, 0.05) is 32.1 Å². The Bertz CT molecular complexity index is 1920. The molecule has 0 bridgehead atoms. The molecule has 0 spiro atoms. The number of aliphatic carboxylic acids is 1. The van der Waals surface area contributed by atoms with E-state index >= 15 is 0 Å². The summed E-state index contributed by atoms with van der Waals surface area (Å²) in [5.74, 6) is -6.60. The third-order valence-corrected chi connectivity index (χ3v) is 11.1.